The molecular formula is C21H18O2. The lowest BCUT2D eigenvalue weighted by atomic mass is 10.0. The Morgan fingerprint density at radius 1 is 0.870 bits per heavy atom. The number of ether oxygens (including phenoxy) is 1. The van der Waals surface area contributed by atoms with Gasteiger partial charge in [0.1, 0.15) is 0 Å². The molecule has 0 aliphatic carbocycles. The Bertz CT molecular complexity index is 871. The second kappa shape index (κ2) is 6.84. The summed E-state index contributed by atoms with van der Waals surface area (Å²) in [4.78, 5) is 0. The Balaban J connectivity index is 1.80. The van der Waals surface area contributed by atoms with E-state index < -0.39 is 0 Å². The van der Waals surface area contributed by atoms with Crippen LogP contribution in [0.4, 0.5) is 0 Å². The highest BCUT2D eigenvalue weighted by molar-refractivity contribution is 5.90. The molecule has 0 atom stereocenters. The number of hydrogen-bond acceptors (Lipinski definition) is 2. The molecule has 3 aromatic rings. The van der Waals surface area contributed by atoms with Crippen molar-refractivity contribution in [2.75, 3.05) is 7.11 Å². The third-order valence-electron chi connectivity index (χ3n) is 3.70. The average molecular weight is 302 g/mol. The number of methoxy groups -OCH3 is 1. The van der Waals surface area contributed by atoms with Gasteiger partial charge in [-0.25, -0.2) is 0 Å². The lowest BCUT2D eigenvalue weighted by Gasteiger charge is -2.03. The largest absolute Gasteiger partial charge is 0.504 e. The first-order valence-electron chi connectivity index (χ1n) is 7.47. The second-order valence-corrected chi connectivity index (χ2v) is 5.22. The van der Waals surface area contributed by atoms with Crippen LogP contribution in [-0.4, -0.2) is 12.2 Å². The van der Waals surface area contributed by atoms with Crippen LogP contribution >= 0.6 is 0 Å². The van der Waals surface area contributed by atoms with Gasteiger partial charge in [0, 0.05) is 0 Å². The monoisotopic (exact) mass is 302 g/mol. The number of allylic oxidation sites excluding steroid dienone is 2. The third kappa shape index (κ3) is 3.43. The third-order valence-corrected chi connectivity index (χ3v) is 3.70. The molecule has 0 aliphatic rings. The van der Waals surface area contributed by atoms with E-state index in [1.165, 1.54) is 16.3 Å². The van der Waals surface area contributed by atoms with Gasteiger partial charge in [0.05, 0.1) is 7.11 Å². The fourth-order valence-corrected chi connectivity index (χ4v) is 2.52. The maximum atomic E-state index is 9.59. The van der Waals surface area contributed by atoms with E-state index in [0.29, 0.717) is 5.75 Å². The SMILES string of the molecule is COc1cc(/C=C/C=C/c2cccc3ccccc23)ccc1O. The first kappa shape index (κ1) is 14.9. The average Bonchev–Trinajstić information content (AvgIpc) is 2.60. The second-order valence-electron chi connectivity index (χ2n) is 5.22. The minimum Gasteiger partial charge on any atom is -0.504 e. The van der Waals surface area contributed by atoms with E-state index in [0.717, 1.165) is 5.56 Å². The van der Waals surface area contributed by atoms with Crippen LogP contribution in [0.1, 0.15) is 11.1 Å². The van der Waals surface area contributed by atoms with Crippen molar-refractivity contribution in [1.29, 1.82) is 0 Å². The van der Waals surface area contributed by atoms with Gasteiger partial charge in [0.2, 0.25) is 0 Å². The lowest BCUT2D eigenvalue weighted by Crippen LogP contribution is -1.83. The molecule has 0 aromatic heterocycles. The Hall–Kier alpha value is -3.00. The molecule has 0 fully saturated rings. The number of phenolic OH excluding ortho intramolecular Hbond substituents is 1. The molecule has 2 heteroatoms. The molecule has 0 unspecified atom stereocenters. The van der Waals surface area contributed by atoms with Crippen LogP contribution in [0.2, 0.25) is 0 Å². The summed E-state index contributed by atoms with van der Waals surface area (Å²) in [5.74, 6) is 0.626. The minimum atomic E-state index is 0.149. The van der Waals surface area contributed by atoms with E-state index in [1.807, 2.05) is 30.4 Å². The van der Waals surface area contributed by atoms with Gasteiger partial charge >= 0.3 is 0 Å². The van der Waals surface area contributed by atoms with Crippen LogP contribution in [0, 0.1) is 0 Å². The summed E-state index contributed by atoms with van der Waals surface area (Å²) in [7, 11) is 1.54. The summed E-state index contributed by atoms with van der Waals surface area (Å²) >= 11 is 0. The highest BCUT2D eigenvalue weighted by Gasteiger charge is 2.00. The Morgan fingerprint density at radius 2 is 1.65 bits per heavy atom. The fraction of sp³-hybridized carbons (Fsp3) is 0.0476. The zero-order chi connectivity index (χ0) is 16.1. The van der Waals surface area contributed by atoms with Crippen LogP contribution in [0.25, 0.3) is 22.9 Å². The molecule has 0 radical (unpaired) electrons. The highest BCUT2D eigenvalue weighted by Crippen LogP contribution is 2.26. The Morgan fingerprint density at radius 3 is 2.52 bits per heavy atom. The van der Waals surface area contributed by atoms with E-state index in [2.05, 4.69) is 42.5 Å². The molecule has 0 bridgehead atoms. The molecule has 0 amide bonds. The molecule has 0 saturated heterocycles. The first-order valence-corrected chi connectivity index (χ1v) is 7.47. The van der Waals surface area contributed by atoms with Gasteiger partial charge in [-0.3, -0.25) is 0 Å². The van der Waals surface area contributed by atoms with Crippen molar-refractivity contribution in [3.05, 3.63) is 83.9 Å². The Labute approximate surface area is 136 Å². The predicted octanol–water partition coefficient (Wildman–Crippen LogP) is 5.28. The maximum absolute atomic E-state index is 9.59. The topological polar surface area (TPSA) is 29.5 Å². The maximum Gasteiger partial charge on any atom is 0.161 e. The number of benzene rings is 3. The van der Waals surface area contributed by atoms with Crippen molar-refractivity contribution in [3.63, 3.8) is 0 Å². The highest BCUT2D eigenvalue weighted by atomic mass is 16.5. The zero-order valence-corrected chi connectivity index (χ0v) is 12.9. The predicted molar refractivity (Wildman–Crippen MR) is 96.7 cm³/mol. The van der Waals surface area contributed by atoms with Crippen molar-refractivity contribution in [3.8, 4) is 11.5 Å². The van der Waals surface area contributed by atoms with E-state index in [4.69, 9.17) is 4.74 Å². The van der Waals surface area contributed by atoms with Crippen LogP contribution < -0.4 is 4.74 Å². The van der Waals surface area contributed by atoms with Crippen molar-refractivity contribution < 1.29 is 9.84 Å². The van der Waals surface area contributed by atoms with E-state index in [1.54, 1.807) is 19.2 Å². The number of aromatic hydroxyl groups is 1. The van der Waals surface area contributed by atoms with Crippen molar-refractivity contribution >= 4 is 22.9 Å². The summed E-state index contributed by atoms with van der Waals surface area (Å²) in [5, 5.41) is 12.1. The summed E-state index contributed by atoms with van der Waals surface area (Å²) < 4.78 is 5.11. The number of hydrogen-bond donors (Lipinski definition) is 1. The van der Waals surface area contributed by atoms with Crippen molar-refractivity contribution in [2.24, 2.45) is 0 Å². The van der Waals surface area contributed by atoms with Crippen LogP contribution in [0.5, 0.6) is 11.5 Å². The molecule has 23 heavy (non-hydrogen) atoms. The standard InChI is InChI=1S/C21H18O2/c1-23-21-15-16(13-14-20(21)22)7-2-3-8-17-10-6-11-18-9-4-5-12-19(17)18/h2-15,22H,1H3/b7-2+,8-3+. The van der Waals surface area contributed by atoms with Crippen LogP contribution in [0.3, 0.4) is 0 Å². The van der Waals surface area contributed by atoms with E-state index in [9.17, 15) is 5.11 Å². The van der Waals surface area contributed by atoms with Gasteiger partial charge in [-0.05, 0) is 34.0 Å². The number of fused-ring (bicyclic) bond motifs is 1. The summed E-state index contributed by atoms with van der Waals surface area (Å²) in [6.45, 7) is 0. The van der Waals surface area contributed by atoms with Crippen molar-refractivity contribution in [1.82, 2.24) is 0 Å². The van der Waals surface area contributed by atoms with Crippen molar-refractivity contribution in [2.45, 2.75) is 0 Å². The molecule has 1 N–H and O–H groups in total. The minimum absolute atomic E-state index is 0.149. The lowest BCUT2D eigenvalue weighted by molar-refractivity contribution is 0.373. The van der Waals surface area contributed by atoms with Gasteiger partial charge in [-0.15, -0.1) is 0 Å². The molecule has 0 heterocycles. The van der Waals surface area contributed by atoms with E-state index in [-0.39, 0.29) is 5.75 Å². The van der Waals surface area contributed by atoms with E-state index >= 15 is 0 Å². The molecule has 0 spiro atoms. The molecule has 0 aliphatic heterocycles. The first-order chi connectivity index (χ1) is 11.3. The van der Waals surface area contributed by atoms with Crippen LogP contribution in [0.15, 0.2) is 72.8 Å². The van der Waals surface area contributed by atoms with Gasteiger partial charge < -0.3 is 9.84 Å². The van der Waals surface area contributed by atoms with Gasteiger partial charge in [0.15, 0.2) is 11.5 Å². The fourth-order valence-electron chi connectivity index (χ4n) is 2.52. The van der Waals surface area contributed by atoms with Gasteiger partial charge in [-0.2, -0.15) is 0 Å². The molecule has 0 saturated carbocycles. The van der Waals surface area contributed by atoms with Crippen LogP contribution in [-0.2, 0) is 0 Å². The number of phenols is 1. The molecular weight excluding hydrogens is 284 g/mol. The summed E-state index contributed by atoms with van der Waals surface area (Å²) in [5.41, 5.74) is 2.17. The smallest absolute Gasteiger partial charge is 0.161 e. The quantitative estimate of drug-likeness (QED) is 0.664. The Kier molecular flexibility index (Phi) is 4.44. The van der Waals surface area contributed by atoms with Gasteiger partial charge in [0.25, 0.3) is 0 Å². The molecule has 3 rings (SSSR count). The number of rotatable bonds is 4. The molecule has 114 valence electrons. The summed E-state index contributed by atoms with van der Waals surface area (Å²) in [6, 6.07) is 19.9. The molecule has 2 nitrogen and oxygen atoms in total. The summed E-state index contributed by atoms with van der Waals surface area (Å²) in [6.07, 6.45) is 8.06. The normalized spacial score (nSPS) is 11.5. The zero-order valence-electron chi connectivity index (χ0n) is 12.9. The van der Waals surface area contributed by atoms with Gasteiger partial charge in [-0.1, -0.05) is 72.8 Å². The molecule has 3 aromatic carbocycles.